The van der Waals surface area contributed by atoms with Crippen LogP contribution in [0.5, 0.6) is 0 Å². The fraction of sp³-hybridized carbons (Fsp3) is 0.0714. The molecule has 0 fully saturated rings. The molecule has 0 spiro atoms. The summed E-state index contributed by atoms with van der Waals surface area (Å²) in [5.41, 5.74) is 8.97. The number of nitrogens with two attached hydrogens (primary N) is 1. The van der Waals surface area contributed by atoms with E-state index in [0.717, 1.165) is 15.7 Å². The number of pyridine rings is 1. The largest absolute Gasteiger partial charge is 0.389 e. The van der Waals surface area contributed by atoms with Gasteiger partial charge in [0.15, 0.2) is 11.5 Å². The molecule has 106 valence electrons. The van der Waals surface area contributed by atoms with E-state index < -0.39 is 0 Å². The van der Waals surface area contributed by atoms with Crippen LogP contribution < -0.4 is 5.73 Å². The van der Waals surface area contributed by atoms with Gasteiger partial charge in [-0.3, -0.25) is 0 Å². The lowest BCUT2D eigenvalue weighted by molar-refractivity contribution is 0.929. The van der Waals surface area contributed by atoms with E-state index in [-0.39, 0.29) is 10.9 Å². The van der Waals surface area contributed by atoms with Crippen LogP contribution >= 0.6 is 39.7 Å². The van der Waals surface area contributed by atoms with E-state index >= 15 is 0 Å². The topological polar surface area (TPSA) is 56.2 Å². The van der Waals surface area contributed by atoms with Crippen molar-refractivity contribution in [3.8, 4) is 11.3 Å². The van der Waals surface area contributed by atoms with Gasteiger partial charge in [0.2, 0.25) is 0 Å². The number of aromatic nitrogens is 3. The van der Waals surface area contributed by atoms with Crippen molar-refractivity contribution >= 4 is 50.4 Å². The molecule has 0 atom stereocenters. The minimum atomic E-state index is 0.233. The Labute approximate surface area is 140 Å². The Morgan fingerprint density at radius 3 is 2.81 bits per heavy atom. The molecular formula is C14H10BrClN4S. The summed E-state index contributed by atoms with van der Waals surface area (Å²) in [6.45, 7) is 0. The number of benzene rings is 1. The van der Waals surface area contributed by atoms with Gasteiger partial charge in [0.25, 0.3) is 0 Å². The Balaban J connectivity index is 2.32. The number of hydrogen-bond donors (Lipinski definition) is 1. The average Bonchev–Trinajstić information content (AvgIpc) is 2.89. The first kappa shape index (κ1) is 14.4. The molecule has 2 N–H and O–H groups in total. The lowest BCUT2D eigenvalue weighted by Gasteiger charge is -2.07. The van der Waals surface area contributed by atoms with Crippen molar-refractivity contribution in [1.82, 2.24) is 14.6 Å². The SMILES string of the molecule is NC(=S)c1ccc(-c2cccc(Br)c2)n2nc(CCl)nc12. The lowest BCUT2D eigenvalue weighted by atomic mass is 10.1. The molecule has 1 aromatic carbocycles. The monoisotopic (exact) mass is 380 g/mol. The molecule has 0 aliphatic rings. The number of thiocarbonyl (C=S) groups is 1. The molecule has 7 heteroatoms. The fourth-order valence-electron chi connectivity index (χ4n) is 2.12. The highest BCUT2D eigenvalue weighted by Gasteiger charge is 2.14. The van der Waals surface area contributed by atoms with E-state index in [1.54, 1.807) is 4.52 Å². The third kappa shape index (κ3) is 2.66. The quantitative estimate of drug-likeness (QED) is 0.557. The molecule has 0 bridgehead atoms. The van der Waals surface area contributed by atoms with E-state index in [9.17, 15) is 0 Å². The van der Waals surface area contributed by atoms with Crippen LogP contribution in [-0.2, 0) is 5.88 Å². The van der Waals surface area contributed by atoms with Crippen molar-refractivity contribution in [3.63, 3.8) is 0 Å². The highest BCUT2D eigenvalue weighted by Crippen LogP contribution is 2.25. The van der Waals surface area contributed by atoms with Gasteiger partial charge in [-0.25, -0.2) is 9.50 Å². The van der Waals surface area contributed by atoms with E-state index in [1.807, 2.05) is 36.4 Å². The zero-order valence-electron chi connectivity index (χ0n) is 10.8. The Hall–Kier alpha value is -1.50. The number of fused-ring (bicyclic) bond motifs is 1. The Kier molecular flexibility index (Phi) is 3.93. The molecule has 0 amide bonds. The fourth-order valence-corrected chi connectivity index (χ4v) is 2.79. The first-order valence-corrected chi connectivity index (χ1v) is 7.84. The molecule has 2 heterocycles. The molecule has 0 saturated heterocycles. The van der Waals surface area contributed by atoms with Gasteiger partial charge in [0.05, 0.1) is 17.1 Å². The van der Waals surface area contributed by atoms with Crippen LogP contribution in [0.3, 0.4) is 0 Å². The molecule has 21 heavy (non-hydrogen) atoms. The Bertz CT molecular complexity index is 846. The van der Waals surface area contributed by atoms with Gasteiger partial charge >= 0.3 is 0 Å². The van der Waals surface area contributed by atoms with Crippen LogP contribution in [0.25, 0.3) is 16.9 Å². The van der Waals surface area contributed by atoms with Gasteiger partial charge in [-0.15, -0.1) is 16.7 Å². The smallest absolute Gasteiger partial charge is 0.166 e. The standard InChI is InChI=1S/C14H10BrClN4S/c15-9-3-1-2-8(6-9)11-5-4-10(13(17)21)14-18-12(7-16)19-20(11)14/h1-6H,7H2,(H2,17,21). The van der Waals surface area contributed by atoms with Crippen LogP contribution in [0.2, 0.25) is 0 Å². The molecule has 3 rings (SSSR count). The normalized spacial score (nSPS) is 11.0. The maximum Gasteiger partial charge on any atom is 0.166 e. The van der Waals surface area contributed by atoms with E-state index in [1.165, 1.54) is 0 Å². The summed E-state index contributed by atoms with van der Waals surface area (Å²) in [5.74, 6) is 0.771. The third-order valence-electron chi connectivity index (χ3n) is 3.03. The summed E-state index contributed by atoms with van der Waals surface area (Å²) < 4.78 is 2.72. The Morgan fingerprint density at radius 2 is 2.14 bits per heavy atom. The summed E-state index contributed by atoms with van der Waals surface area (Å²) in [7, 11) is 0. The summed E-state index contributed by atoms with van der Waals surface area (Å²) in [6.07, 6.45) is 0. The van der Waals surface area contributed by atoms with Gasteiger partial charge < -0.3 is 5.73 Å². The zero-order chi connectivity index (χ0) is 15.0. The number of nitrogens with zero attached hydrogens (tertiary/aromatic N) is 3. The van der Waals surface area contributed by atoms with Gasteiger partial charge in [-0.05, 0) is 24.3 Å². The number of hydrogen-bond acceptors (Lipinski definition) is 3. The van der Waals surface area contributed by atoms with Crippen LogP contribution in [0.15, 0.2) is 40.9 Å². The van der Waals surface area contributed by atoms with E-state index in [2.05, 4.69) is 26.0 Å². The Morgan fingerprint density at radius 1 is 1.33 bits per heavy atom. The van der Waals surface area contributed by atoms with Gasteiger partial charge in [-0.1, -0.05) is 40.3 Å². The maximum atomic E-state index is 5.84. The second kappa shape index (κ2) is 5.71. The molecule has 2 aromatic heterocycles. The second-order valence-corrected chi connectivity index (χ2v) is 6.03. The van der Waals surface area contributed by atoms with Crippen molar-refractivity contribution < 1.29 is 0 Å². The van der Waals surface area contributed by atoms with Gasteiger partial charge in [0, 0.05) is 10.0 Å². The highest BCUT2D eigenvalue weighted by molar-refractivity contribution is 9.10. The first-order valence-electron chi connectivity index (χ1n) is 6.10. The van der Waals surface area contributed by atoms with Crippen molar-refractivity contribution in [2.75, 3.05) is 0 Å². The van der Waals surface area contributed by atoms with Crippen molar-refractivity contribution in [2.45, 2.75) is 5.88 Å². The number of halogens is 2. The number of alkyl halides is 1. The van der Waals surface area contributed by atoms with E-state index in [0.29, 0.717) is 17.0 Å². The average molecular weight is 382 g/mol. The molecule has 4 nitrogen and oxygen atoms in total. The molecule has 0 saturated carbocycles. The van der Waals surface area contributed by atoms with Crippen LogP contribution in [0, 0.1) is 0 Å². The predicted octanol–water partition coefficient (Wildman–Crippen LogP) is 3.53. The van der Waals surface area contributed by atoms with Crippen molar-refractivity contribution in [2.24, 2.45) is 5.73 Å². The maximum absolute atomic E-state index is 5.84. The molecular weight excluding hydrogens is 372 g/mol. The second-order valence-electron chi connectivity index (χ2n) is 4.40. The van der Waals surface area contributed by atoms with Gasteiger partial charge in [0.1, 0.15) is 4.99 Å². The molecule has 3 aromatic rings. The third-order valence-corrected chi connectivity index (χ3v) is 3.99. The molecule has 0 aliphatic heterocycles. The van der Waals surface area contributed by atoms with Crippen molar-refractivity contribution in [3.05, 3.63) is 52.3 Å². The molecule has 0 aliphatic carbocycles. The van der Waals surface area contributed by atoms with Gasteiger partial charge in [-0.2, -0.15) is 0 Å². The summed E-state index contributed by atoms with van der Waals surface area (Å²) in [5, 5.41) is 4.42. The minimum absolute atomic E-state index is 0.233. The lowest BCUT2D eigenvalue weighted by Crippen LogP contribution is -2.12. The van der Waals surface area contributed by atoms with Crippen LogP contribution in [0.4, 0.5) is 0 Å². The van der Waals surface area contributed by atoms with Crippen LogP contribution in [0.1, 0.15) is 11.4 Å². The molecule has 0 radical (unpaired) electrons. The summed E-state index contributed by atoms with van der Waals surface area (Å²) >= 11 is 14.4. The summed E-state index contributed by atoms with van der Waals surface area (Å²) in [6, 6.07) is 11.7. The number of rotatable bonds is 3. The zero-order valence-corrected chi connectivity index (χ0v) is 13.9. The predicted molar refractivity (Wildman–Crippen MR) is 91.6 cm³/mol. The van der Waals surface area contributed by atoms with E-state index in [4.69, 9.17) is 29.6 Å². The van der Waals surface area contributed by atoms with Crippen molar-refractivity contribution in [1.29, 1.82) is 0 Å². The minimum Gasteiger partial charge on any atom is -0.389 e. The summed E-state index contributed by atoms with van der Waals surface area (Å²) in [4.78, 5) is 4.69. The van der Waals surface area contributed by atoms with Crippen LogP contribution in [-0.4, -0.2) is 19.6 Å². The molecule has 0 unspecified atom stereocenters. The highest BCUT2D eigenvalue weighted by atomic mass is 79.9. The first-order chi connectivity index (χ1) is 10.1.